The molecule has 0 aliphatic rings. The summed E-state index contributed by atoms with van der Waals surface area (Å²) in [4.78, 5) is 29.3. The van der Waals surface area contributed by atoms with Crippen molar-refractivity contribution in [2.45, 2.75) is 51.6 Å². The smallest absolute Gasteiger partial charge is 0.264 e. The minimum atomic E-state index is -3.38. The Morgan fingerprint density at radius 2 is 2.07 bits per heavy atom. The SMILES string of the molecule is CCCCCCn1c(O)c(C=N[C@@H](CCS(C)(=O)=O)C(=O)[O-])c(=O)[nH]c1=S. The number of aromatic nitrogens is 2. The molecule has 152 valence electrons. The maximum absolute atomic E-state index is 12.0. The summed E-state index contributed by atoms with van der Waals surface area (Å²) in [5, 5.41) is 21.5. The Morgan fingerprint density at radius 1 is 1.41 bits per heavy atom. The topological polar surface area (TPSA) is 145 Å². The van der Waals surface area contributed by atoms with Gasteiger partial charge in [0.1, 0.15) is 15.4 Å². The van der Waals surface area contributed by atoms with E-state index in [0.29, 0.717) is 6.54 Å². The van der Waals surface area contributed by atoms with E-state index in [1.165, 1.54) is 4.57 Å². The largest absolute Gasteiger partial charge is 0.548 e. The first kappa shape index (κ1) is 23.0. The van der Waals surface area contributed by atoms with Crippen LogP contribution in [0.1, 0.15) is 44.6 Å². The number of carboxylic acid groups (broad SMARTS) is 1. The number of rotatable bonds is 11. The molecular formula is C16H24N3O6S2-. The van der Waals surface area contributed by atoms with Crippen molar-refractivity contribution in [2.24, 2.45) is 4.99 Å². The Labute approximate surface area is 162 Å². The minimum Gasteiger partial charge on any atom is -0.548 e. The lowest BCUT2D eigenvalue weighted by Crippen LogP contribution is -2.36. The van der Waals surface area contributed by atoms with Crippen molar-refractivity contribution in [3.05, 3.63) is 20.7 Å². The summed E-state index contributed by atoms with van der Waals surface area (Å²) in [7, 11) is -3.38. The number of hydrogen-bond acceptors (Lipinski definition) is 8. The van der Waals surface area contributed by atoms with E-state index in [1.54, 1.807) is 0 Å². The second-order valence-electron chi connectivity index (χ2n) is 6.24. The fourth-order valence-corrected chi connectivity index (χ4v) is 3.26. The van der Waals surface area contributed by atoms with Crippen molar-refractivity contribution in [2.75, 3.05) is 12.0 Å². The van der Waals surface area contributed by atoms with Gasteiger partial charge in [0.15, 0.2) is 4.77 Å². The summed E-state index contributed by atoms with van der Waals surface area (Å²) < 4.78 is 23.8. The zero-order valence-corrected chi connectivity index (χ0v) is 16.9. The number of aromatic amines is 1. The van der Waals surface area contributed by atoms with Gasteiger partial charge in [-0.05, 0) is 25.1 Å². The van der Waals surface area contributed by atoms with Crippen molar-refractivity contribution in [3.63, 3.8) is 0 Å². The minimum absolute atomic E-state index is 0.0553. The number of carboxylic acids is 1. The van der Waals surface area contributed by atoms with Crippen LogP contribution >= 0.6 is 12.2 Å². The second kappa shape index (κ2) is 10.4. The molecule has 0 spiro atoms. The van der Waals surface area contributed by atoms with Crippen molar-refractivity contribution >= 4 is 34.2 Å². The van der Waals surface area contributed by atoms with Crippen molar-refractivity contribution in [1.82, 2.24) is 9.55 Å². The first-order valence-electron chi connectivity index (χ1n) is 8.54. The summed E-state index contributed by atoms with van der Waals surface area (Å²) in [5.74, 6) is -2.38. The maximum atomic E-state index is 12.0. The third-order valence-electron chi connectivity index (χ3n) is 3.86. The van der Waals surface area contributed by atoms with Crippen LogP contribution in [0.25, 0.3) is 0 Å². The lowest BCUT2D eigenvalue weighted by Gasteiger charge is -2.14. The Kier molecular flexibility index (Phi) is 8.83. The predicted molar refractivity (Wildman–Crippen MR) is 102 cm³/mol. The summed E-state index contributed by atoms with van der Waals surface area (Å²) in [6.45, 7) is 2.45. The molecule has 0 aliphatic heterocycles. The number of nitrogens with zero attached hydrogens (tertiary/aromatic N) is 2. The van der Waals surface area contributed by atoms with Gasteiger partial charge in [-0.15, -0.1) is 0 Å². The van der Waals surface area contributed by atoms with Crippen molar-refractivity contribution in [1.29, 1.82) is 0 Å². The molecule has 0 aromatic carbocycles. The quantitative estimate of drug-likeness (QED) is 0.296. The number of H-pyrrole nitrogens is 1. The Morgan fingerprint density at radius 3 is 2.63 bits per heavy atom. The van der Waals surface area contributed by atoms with E-state index in [4.69, 9.17) is 12.2 Å². The fraction of sp³-hybridized carbons (Fsp3) is 0.625. The molecule has 0 unspecified atom stereocenters. The molecule has 1 atom stereocenters. The van der Waals surface area contributed by atoms with E-state index in [2.05, 4.69) is 16.9 Å². The number of aliphatic carboxylic acids is 1. The van der Waals surface area contributed by atoms with E-state index in [0.717, 1.165) is 38.2 Å². The van der Waals surface area contributed by atoms with Crippen LogP contribution in [-0.2, 0) is 21.2 Å². The third-order valence-corrected chi connectivity index (χ3v) is 5.16. The summed E-state index contributed by atoms with van der Waals surface area (Å²) >= 11 is 5.06. The van der Waals surface area contributed by atoms with Crippen LogP contribution in [-0.4, -0.2) is 53.3 Å². The maximum Gasteiger partial charge on any atom is 0.264 e. The molecule has 0 saturated carbocycles. The molecule has 2 N–H and O–H groups in total. The van der Waals surface area contributed by atoms with E-state index in [9.17, 15) is 28.2 Å². The monoisotopic (exact) mass is 418 g/mol. The van der Waals surface area contributed by atoms with E-state index in [1.807, 2.05) is 0 Å². The Balaban J connectivity index is 3.09. The van der Waals surface area contributed by atoms with Crippen LogP contribution in [0.3, 0.4) is 0 Å². The molecule has 1 rings (SSSR count). The van der Waals surface area contributed by atoms with Gasteiger partial charge in [-0.25, -0.2) is 8.42 Å². The third kappa shape index (κ3) is 7.63. The molecule has 0 amide bonds. The lowest BCUT2D eigenvalue weighted by atomic mass is 10.2. The lowest BCUT2D eigenvalue weighted by molar-refractivity contribution is -0.307. The van der Waals surface area contributed by atoms with Crippen LogP contribution < -0.4 is 10.7 Å². The van der Waals surface area contributed by atoms with E-state index < -0.39 is 39.0 Å². The molecule has 1 heterocycles. The number of carbonyl (C=O) groups excluding carboxylic acids is 1. The van der Waals surface area contributed by atoms with Gasteiger partial charge in [0.05, 0.1) is 17.8 Å². The van der Waals surface area contributed by atoms with Crippen LogP contribution in [0.15, 0.2) is 9.79 Å². The molecule has 1 aromatic rings. The highest BCUT2D eigenvalue weighted by Crippen LogP contribution is 2.14. The average Bonchev–Trinajstić information content (AvgIpc) is 2.55. The van der Waals surface area contributed by atoms with Gasteiger partial charge in [0.2, 0.25) is 5.88 Å². The number of sulfone groups is 1. The Hall–Kier alpha value is -2.01. The highest BCUT2D eigenvalue weighted by molar-refractivity contribution is 7.90. The molecule has 9 nitrogen and oxygen atoms in total. The molecule has 27 heavy (non-hydrogen) atoms. The number of unbranched alkanes of at least 4 members (excludes halogenated alkanes) is 3. The highest BCUT2D eigenvalue weighted by Gasteiger charge is 2.14. The molecule has 0 saturated heterocycles. The highest BCUT2D eigenvalue weighted by atomic mass is 32.2. The second-order valence-corrected chi connectivity index (χ2v) is 8.89. The number of carbonyl (C=O) groups is 1. The van der Waals surface area contributed by atoms with Crippen LogP contribution in [0.5, 0.6) is 5.88 Å². The van der Waals surface area contributed by atoms with Crippen LogP contribution in [0.4, 0.5) is 0 Å². The molecule has 0 fully saturated rings. The standard InChI is InChI=1S/C16H25N3O6S2/c1-3-4-5-6-8-19-14(21)11(13(20)18-16(19)26)10-17-12(15(22)23)7-9-27(2,24)25/h10,12,21H,3-9H2,1-2H3,(H,22,23)(H,18,20,26)/p-1/t12-/m0/s1. The zero-order chi connectivity index (χ0) is 20.6. The van der Waals surface area contributed by atoms with Gasteiger partial charge in [-0.1, -0.05) is 26.2 Å². The average molecular weight is 419 g/mol. The van der Waals surface area contributed by atoms with Gasteiger partial charge in [-0.3, -0.25) is 19.3 Å². The normalized spacial score (nSPS) is 13.1. The van der Waals surface area contributed by atoms with Crippen molar-refractivity contribution < 1.29 is 23.4 Å². The van der Waals surface area contributed by atoms with E-state index in [-0.39, 0.29) is 16.8 Å². The van der Waals surface area contributed by atoms with E-state index >= 15 is 0 Å². The number of nitrogens with one attached hydrogen (secondary N) is 1. The molecular weight excluding hydrogens is 394 g/mol. The summed E-state index contributed by atoms with van der Waals surface area (Å²) in [6, 6.07) is -1.46. The molecule has 0 aliphatic carbocycles. The first-order valence-corrected chi connectivity index (χ1v) is 11.0. The number of hydrogen-bond donors (Lipinski definition) is 2. The molecule has 1 aromatic heterocycles. The van der Waals surface area contributed by atoms with Gasteiger partial charge in [0, 0.05) is 19.0 Å². The van der Waals surface area contributed by atoms with Crippen molar-refractivity contribution in [3.8, 4) is 5.88 Å². The fourth-order valence-electron chi connectivity index (χ4n) is 2.34. The van der Waals surface area contributed by atoms with Gasteiger partial charge >= 0.3 is 0 Å². The number of aromatic hydroxyl groups is 1. The van der Waals surface area contributed by atoms with Crippen LogP contribution in [0.2, 0.25) is 0 Å². The molecule has 11 heteroatoms. The van der Waals surface area contributed by atoms with Gasteiger partial charge in [-0.2, -0.15) is 0 Å². The predicted octanol–water partition coefficient (Wildman–Crippen LogP) is 0.164. The number of aliphatic imine (C=N–C) groups is 1. The van der Waals surface area contributed by atoms with Gasteiger partial charge in [0.25, 0.3) is 5.56 Å². The van der Waals surface area contributed by atoms with Gasteiger partial charge < -0.3 is 15.0 Å². The summed E-state index contributed by atoms with van der Waals surface area (Å²) in [5.41, 5.74) is -0.962. The molecule has 0 bridgehead atoms. The molecule has 0 radical (unpaired) electrons. The summed E-state index contributed by atoms with van der Waals surface area (Å²) in [6.07, 6.45) is 5.33. The zero-order valence-electron chi connectivity index (χ0n) is 15.3. The first-order chi connectivity index (χ1) is 12.6. The van der Waals surface area contributed by atoms with Crippen LogP contribution in [0, 0.1) is 4.77 Å². The Bertz CT molecular complexity index is 902.